The summed E-state index contributed by atoms with van der Waals surface area (Å²) in [5.74, 6) is 0.684. The van der Waals surface area contributed by atoms with Crippen LogP contribution in [0.2, 0.25) is 0 Å². The Balaban J connectivity index is 2.64. The first-order chi connectivity index (χ1) is 5.94. The molecule has 0 saturated carbocycles. The fraction of sp³-hybridized carbons (Fsp3) is 0.900. The van der Waals surface area contributed by atoms with Crippen LogP contribution in [0.3, 0.4) is 0 Å². The largest absolute Gasteiger partial charge is 0.290 e. The smallest absolute Gasteiger partial charge is 0.241 e. The second-order valence-corrected chi connectivity index (χ2v) is 4.87. The third kappa shape index (κ3) is 2.44. The number of carbonyl (C=O) groups excluding carboxylic acids is 1. The Kier molecular flexibility index (Phi) is 3.36. The summed E-state index contributed by atoms with van der Waals surface area (Å²) in [6.07, 6.45) is 2.44. The summed E-state index contributed by atoms with van der Waals surface area (Å²) in [4.78, 5) is 13.4. The molecule has 0 radical (unpaired) electrons. The zero-order valence-electron chi connectivity index (χ0n) is 8.64. The first-order valence-electron chi connectivity index (χ1n) is 4.89. The average molecular weight is 204 g/mol. The van der Waals surface area contributed by atoms with Crippen LogP contribution in [-0.2, 0) is 4.79 Å². The van der Waals surface area contributed by atoms with E-state index >= 15 is 0 Å². The van der Waals surface area contributed by atoms with Crippen molar-refractivity contribution >= 4 is 16.8 Å². The fourth-order valence-electron chi connectivity index (χ4n) is 1.82. The lowest BCUT2D eigenvalue weighted by Gasteiger charge is -2.40. The molecule has 1 saturated heterocycles. The Morgan fingerprint density at radius 2 is 2.15 bits per heavy atom. The maximum absolute atomic E-state index is 11.2. The van der Waals surface area contributed by atoms with Crippen LogP contribution < -0.4 is 0 Å². The van der Waals surface area contributed by atoms with Gasteiger partial charge in [-0.2, -0.15) is 0 Å². The Morgan fingerprint density at radius 1 is 1.54 bits per heavy atom. The normalized spacial score (nSPS) is 26.0. The standard InChI is InChI=1S/C10H18ClNO/c1-8-5-4-6-12(7-8)10(2,3)9(11)13/h8H,4-7H2,1-3H3. The Bertz CT molecular complexity index is 203. The quantitative estimate of drug-likeness (QED) is 0.642. The molecular formula is C10H18ClNO. The van der Waals surface area contributed by atoms with E-state index in [4.69, 9.17) is 11.6 Å². The molecule has 1 unspecified atom stereocenters. The van der Waals surface area contributed by atoms with Crippen molar-refractivity contribution in [2.24, 2.45) is 5.92 Å². The van der Waals surface area contributed by atoms with Crippen LogP contribution in [0.4, 0.5) is 0 Å². The van der Waals surface area contributed by atoms with E-state index in [1.54, 1.807) is 0 Å². The van der Waals surface area contributed by atoms with Crippen LogP contribution in [0.25, 0.3) is 0 Å². The van der Waals surface area contributed by atoms with Crippen molar-refractivity contribution in [2.45, 2.75) is 39.2 Å². The number of hydrogen-bond acceptors (Lipinski definition) is 2. The highest BCUT2D eigenvalue weighted by Crippen LogP contribution is 2.25. The summed E-state index contributed by atoms with van der Waals surface area (Å²) in [5, 5.41) is -0.249. The van der Waals surface area contributed by atoms with Crippen LogP contribution in [-0.4, -0.2) is 28.8 Å². The van der Waals surface area contributed by atoms with Crippen molar-refractivity contribution in [2.75, 3.05) is 13.1 Å². The van der Waals surface area contributed by atoms with Crippen molar-refractivity contribution in [3.05, 3.63) is 0 Å². The summed E-state index contributed by atoms with van der Waals surface area (Å²) >= 11 is 5.57. The van der Waals surface area contributed by atoms with Gasteiger partial charge in [0.15, 0.2) is 0 Å². The van der Waals surface area contributed by atoms with Crippen LogP contribution in [0.5, 0.6) is 0 Å². The minimum atomic E-state index is -0.490. The molecule has 0 aliphatic carbocycles. The Labute approximate surface area is 85.2 Å². The summed E-state index contributed by atoms with van der Waals surface area (Å²) in [5.41, 5.74) is -0.490. The van der Waals surface area contributed by atoms with Gasteiger partial charge >= 0.3 is 0 Å². The van der Waals surface area contributed by atoms with Crippen molar-refractivity contribution in [1.82, 2.24) is 4.90 Å². The van der Waals surface area contributed by atoms with Gasteiger partial charge in [-0.3, -0.25) is 9.69 Å². The minimum Gasteiger partial charge on any atom is -0.290 e. The molecule has 0 N–H and O–H groups in total. The van der Waals surface area contributed by atoms with E-state index in [9.17, 15) is 4.79 Å². The first-order valence-corrected chi connectivity index (χ1v) is 5.27. The van der Waals surface area contributed by atoms with Crippen LogP contribution in [0.15, 0.2) is 0 Å². The molecule has 1 heterocycles. The van der Waals surface area contributed by atoms with E-state index in [1.807, 2.05) is 13.8 Å². The molecule has 76 valence electrons. The number of likely N-dealkylation sites (tertiary alicyclic amines) is 1. The lowest BCUT2D eigenvalue weighted by molar-refractivity contribution is -0.122. The van der Waals surface area contributed by atoms with Gasteiger partial charge in [-0.1, -0.05) is 6.92 Å². The minimum absolute atomic E-state index is 0.249. The summed E-state index contributed by atoms with van der Waals surface area (Å²) < 4.78 is 0. The molecule has 0 amide bonds. The number of rotatable bonds is 2. The highest BCUT2D eigenvalue weighted by atomic mass is 35.5. The first kappa shape index (κ1) is 11.0. The topological polar surface area (TPSA) is 20.3 Å². The van der Waals surface area contributed by atoms with Gasteiger partial charge in [0.05, 0.1) is 5.54 Å². The van der Waals surface area contributed by atoms with E-state index in [0.717, 1.165) is 13.1 Å². The van der Waals surface area contributed by atoms with Crippen LogP contribution in [0.1, 0.15) is 33.6 Å². The fourth-order valence-corrected chi connectivity index (χ4v) is 1.94. The van der Waals surface area contributed by atoms with Gasteiger partial charge in [0, 0.05) is 6.54 Å². The summed E-state index contributed by atoms with van der Waals surface area (Å²) in [6, 6.07) is 0. The lowest BCUT2D eigenvalue weighted by atomic mass is 9.94. The Hall–Kier alpha value is -0.0800. The van der Waals surface area contributed by atoms with Crippen molar-refractivity contribution < 1.29 is 4.79 Å². The highest BCUT2D eigenvalue weighted by Gasteiger charge is 2.35. The molecule has 0 bridgehead atoms. The monoisotopic (exact) mass is 203 g/mol. The van der Waals surface area contributed by atoms with E-state index in [2.05, 4.69) is 11.8 Å². The van der Waals surface area contributed by atoms with E-state index in [-0.39, 0.29) is 5.24 Å². The molecule has 2 nitrogen and oxygen atoms in total. The van der Waals surface area contributed by atoms with E-state index in [1.165, 1.54) is 12.8 Å². The zero-order chi connectivity index (χ0) is 10.1. The molecule has 13 heavy (non-hydrogen) atoms. The molecule has 1 atom stereocenters. The predicted molar refractivity (Wildman–Crippen MR) is 54.9 cm³/mol. The van der Waals surface area contributed by atoms with Crippen molar-refractivity contribution in [3.8, 4) is 0 Å². The molecule has 1 rings (SSSR count). The third-order valence-corrected chi connectivity index (χ3v) is 3.39. The van der Waals surface area contributed by atoms with E-state index in [0.29, 0.717) is 5.92 Å². The second-order valence-electron chi connectivity index (χ2n) is 4.53. The predicted octanol–water partition coefficient (Wildman–Crippen LogP) is 2.26. The SMILES string of the molecule is CC1CCCN(C(C)(C)C(=O)Cl)C1. The molecule has 1 fully saturated rings. The van der Waals surface area contributed by atoms with Crippen LogP contribution >= 0.6 is 11.6 Å². The number of hydrogen-bond donors (Lipinski definition) is 0. The third-order valence-electron chi connectivity index (χ3n) is 2.93. The molecule has 1 aliphatic heterocycles. The number of nitrogens with zero attached hydrogens (tertiary/aromatic N) is 1. The number of piperidine rings is 1. The molecular weight excluding hydrogens is 186 g/mol. The zero-order valence-corrected chi connectivity index (χ0v) is 9.40. The summed E-state index contributed by atoms with van der Waals surface area (Å²) in [7, 11) is 0. The van der Waals surface area contributed by atoms with Gasteiger partial charge in [-0.15, -0.1) is 0 Å². The number of carbonyl (C=O) groups is 1. The van der Waals surface area contributed by atoms with Gasteiger partial charge in [0.1, 0.15) is 0 Å². The van der Waals surface area contributed by atoms with Crippen molar-refractivity contribution in [3.63, 3.8) is 0 Å². The van der Waals surface area contributed by atoms with Gasteiger partial charge in [0.2, 0.25) is 5.24 Å². The molecule has 1 aliphatic rings. The lowest BCUT2D eigenvalue weighted by Crippen LogP contribution is -2.52. The van der Waals surface area contributed by atoms with Gasteiger partial charge in [-0.25, -0.2) is 0 Å². The number of halogens is 1. The van der Waals surface area contributed by atoms with E-state index < -0.39 is 5.54 Å². The maximum atomic E-state index is 11.2. The summed E-state index contributed by atoms with van der Waals surface area (Å²) in [6.45, 7) is 8.02. The molecule has 0 aromatic carbocycles. The average Bonchev–Trinajstić information content (AvgIpc) is 2.04. The maximum Gasteiger partial charge on any atom is 0.241 e. The molecule has 0 aromatic heterocycles. The van der Waals surface area contributed by atoms with Crippen molar-refractivity contribution in [1.29, 1.82) is 0 Å². The Morgan fingerprint density at radius 3 is 2.62 bits per heavy atom. The highest BCUT2D eigenvalue weighted by molar-refractivity contribution is 6.65. The van der Waals surface area contributed by atoms with Gasteiger partial charge in [0.25, 0.3) is 0 Å². The second kappa shape index (κ2) is 3.97. The molecule has 0 aromatic rings. The van der Waals surface area contributed by atoms with Gasteiger partial charge in [-0.05, 0) is 50.8 Å². The molecule has 0 spiro atoms. The van der Waals surface area contributed by atoms with Crippen LogP contribution in [0, 0.1) is 5.92 Å². The van der Waals surface area contributed by atoms with Gasteiger partial charge < -0.3 is 0 Å². The molecule has 3 heteroatoms.